The van der Waals surface area contributed by atoms with Crippen molar-refractivity contribution in [2.75, 3.05) is 19.8 Å². The summed E-state index contributed by atoms with van der Waals surface area (Å²) in [5, 5.41) is 9.10. The van der Waals surface area contributed by atoms with Gasteiger partial charge in [0, 0.05) is 0 Å². The Labute approximate surface area is 87.7 Å². The number of aliphatic hydroxyl groups is 1. The van der Waals surface area contributed by atoms with E-state index in [0.29, 0.717) is 0 Å². The van der Waals surface area contributed by atoms with Crippen molar-refractivity contribution in [2.45, 2.75) is 5.56 Å². The summed E-state index contributed by atoms with van der Waals surface area (Å²) in [4.78, 5) is 0. The minimum Gasteiger partial charge on any atom is -0.395 e. The molecule has 0 bridgehead atoms. The first-order valence-electron chi connectivity index (χ1n) is 3.67. The fourth-order valence-electron chi connectivity index (χ4n) is 0.932. The van der Waals surface area contributed by atoms with Crippen molar-refractivity contribution in [3.63, 3.8) is 0 Å². The summed E-state index contributed by atoms with van der Waals surface area (Å²) in [6, 6.07) is 0. The van der Waals surface area contributed by atoms with Crippen LogP contribution < -0.4 is 0 Å². The van der Waals surface area contributed by atoms with Gasteiger partial charge < -0.3 is 14.2 Å². The quantitative estimate of drug-likeness (QED) is 0.605. The second kappa shape index (κ2) is 5.52. The van der Waals surface area contributed by atoms with E-state index in [2.05, 4.69) is 4.52 Å². The molecule has 0 aromatic rings. The van der Waals surface area contributed by atoms with Gasteiger partial charge in [0.15, 0.2) is 5.56 Å². The highest BCUT2D eigenvalue weighted by atomic mass is 35.5. The number of aliphatic hydroxyl groups excluding tert-OH is 1. The first-order chi connectivity index (χ1) is 6.64. The monoisotopic (exact) mass is 262 g/mol. The molecule has 6 nitrogen and oxygen atoms in total. The van der Waals surface area contributed by atoms with Crippen molar-refractivity contribution in [1.29, 1.82) is 0 Å². The summed E-state index contributed by atoms with van der Waals surface area (Å²) >= 11 is 5.72. The summed E-state index contributed by atoms with van der Waals surface area (Å²) in [7, 11) is -3.07. The van der Waals surface area contributed by atoms with Crippen LogP contribution in [0.5, 0.6) is 0 Å². The van der Waals surface area contributed by atoms with E-state index in [9.17, 15) is 9.13 Å². The Morgan fingerprint density at radius 3 is 2.64 bits per heavy atom. The molecule has 1 atom stereocenters. The molecule has 1 rings (SSSR count). The molecule has 1 heterocycles. The Hall–Kier alpha value is 0.460. The van der Waals surface area contributed by atoms with Crippen molar-refractivity contribution in [3.05, 3.63) is 0 Å². The standard InChI is InChI=1S/C5H9ClO6P2/c6-4(12-13-8)5(1-7)2-10-14(9)11-3-5/h4,7,14H,1-3H2. The zero-order chi connectivity index (χ0) is 10.6. The van der Waals surface area contributed by atoms with Crippen LogP contribution >= 0.6 is 28.5 Å². The van der Waals surface area contributed by atoms with Gasteiger partial charge in [-0.2, -0.15) is 0 Å². The van der Waals surface area contributed by atoms with Crippen LogP contribution in [0.25, 0.3) is 0 Å². The predicted molar refractivity (Wildman–Crippen MR) is 48.8 cm³/mol. The summed E-state index contributed by atoms with van der Waals surface area (Å²) in [5.41, 5.74) is -2.04. The molecule has 0 saturated carbocycles. The SMILES string of the molecule is O=POC(Cl)C1(CO)CO[PH](=O)OC1. The fourth-order valence-corrected chi connectivity index (χ4v) is 2.42. The molecule has 1 unspecified atom stereocenters. The molecule has 9 heteroatoms. The lowest BCUT2D eigenvalue weighted by molar-refractivity contribution is -0.0520. The van der Waals surface area contributed by atoms with E-state index >= 15 is 0 Å². The first-order valence-corrected chi connectivity index (χ1v) is 6.07. The fraction of sp³-hybridized carbons (Fsp3) is 1.00. The maximum absolute atomic E-state index is 10.8. The number of halogens is 1. The van der Waals surface area contributed by atoms with E-state index in [1.54, 1.807) is 0 Å². The van der Waals surface area contributed by atoms with Crippen LogP contribution in [0.15, 0.2) is 0 Å². The summed E-state index contributed by atoms with van der Waals surface area (Å²) in [6.45, 7) is -0.470. The zero-order valence-corrected chi connectivity index (χ0v) is 9.66. The Morgan fingerprint density at radius 2 is 2.21 bits per heavy atom. The van der Waals surface area contributed by atoms with Crippen LogP contribution in [0, 0.1) is 5.41 Å². The van der Waals surface area contributed by atoms with E-state index < -0.39 is 27.9 Å². The lowest BCUT2D eigenvalue weighted by atomic mass is 9.92. The minimum atomic E-state index is -2.48. The molecule has 0 aliphatic carbocycles. The van der Waals surface area contributed by atoms with Crippen LogP contribution in [0.1, 0.15) is 0 Å². The number of alkyl halides is 1. The summed E-state index contributed by atoms with van der Waals surface area (Å²) in [5.74, 6) is 0. The lowest BCUT2D eigenvalue weighted by Gasteiger charge is -2.36. The minimum absolute atomic E-state index is 0.0506. The topological polar surface area (TPSA) is 82.1 Å². The van der Waals surface area contributed by atoms with E-state index in [1.807, 2.05) is 0 Å². The van der Waals surface area contributed by atoms with Crippen molar-refractivity contribution < 1.29 is 27.8 Å². The van der Waals surface area contributed by atoms with Crippen LogP contribution in [-0.4, -0.2) is 30.5 Å². The van der Waals surface area contributed by atoms with Crippen LogP contribution in [0.2, 0.25) is 0 Å². The molecule has 1 fully saturated rings. The van der Waals surface area contributed by atoms with Crippen molar-refractivity contribution in [3.8, 4) is 0 Å². The average molecular weight is 263 g/mol. The molecule has 1 saturated heterocycles. The third-order valence-electron chi connectivity index (χ3n) is 1.89. The molecule has 1 N–H and O–H groups in total. The normalized spacial score (nSPS) is 35.7. The zero-order valence-electron chi connectivity index (χ0n) is 7.01. The summed E-state index contributed by atoms with van der Waals surface area (Å²) < 4.78 is 35.0. The highest BCUT2D eigenvalue weighted by Gasteiger charge is 2.43. The van der Waals surface area contributed by atoms with Gasteiger partial charge in [-0.3, -0.25) is 9.09 Å². The van der Waals surface area contributed by atoms with Gasteiger partial charge in [-0.05, 0) is 0 Å². The Balaban J connectivity index is 2.66. The molecule has 1 aliphatic heterocycles. The van der Waals surface area contributed by atoms with E-state index in [4.69, 9.17) is 25.8 Å². The van der Waals surface area contributed by atoms with Gasteiger partial charge >= 0.3 is 16.9 Å². The molecule has 14 heavy (non-hydrogen) atoms. The smallest absolute Gasteiger partial charge is 0.328 e. The Bertz CT molecular complexity index is 226. The molecular formula is C5H9ClO6P2. The van der Waals surface area contributed by atoms with Gasteiger partial charge in [0.1, 0.15) is 0 Å². The van der Waals surface area contributed by atoms with Crippen molar-refractivity contribution >= 4 is 28.5 Å². The molecule has 1 aliphatic rings. The summed E-state index contributed by atoms with van der Waals surface area (Å²) in [6.07, 6.45) is 0. The van der Waals surface area contributed by atoms with Gasteiger partial charge in [0.25, 0.3) is 0 Å². The van der Waals surface area contributed by atoms with E-state index in [-0.39, 0.29) is 19.8 Å². The molecule has 0 amide bonds. The average Bonchev–Trinajstić information content (AvgIpc) is 2.20. The number of hydrogen-bond acceptors (Lipinski definition) is 6. The first kappa shape index (κ1) is 12.5. The second-order valence-electron chi connectivity index (χ2n) is 2.84. The molecule has 0 aromatic carbocycles. The number of rotatable bonds is 4. The maximum atomic E-state index is 10.8. The van der Waals surface area contributed by atoms with E-state index in [0.717, 1.165) is 0 Å². The molecule has 0 spiro atoms. The van der Waals surface area contributed by atoms with Gasteiger partial charge in [0.05, 0.1) is 25.2 Å². The lowest BCUT2D eigenvalue weighted by Crippen LogP contribution is -2.45. The van der Waals surface area contributed by atoms with Gasteiger partial charge in [0.2, 0.25) is 0 Å². The van der Waals surface area contributed by atoms with Gasteiger partial charge in [-0.15, -0.1) is 0 Å². The highest BCUT2D eigenvalue weighted by Crippen LogP contribution is 2.41. The van der Waals surface area contributed by atoms with Gasteiger partial charge in [-0.1, -0.05) is 11.6 Å². The maximum Gasteiger partial charge on any atom is 0.328 e. The second-order valence-corrected chi connectivity index (χ2v) is 4.68. The van der Waals surface area contributed by atoms with Crippen LogP contribution in [0.3, 0.4) is 0 Å². The van der Waals surface area contributed by atoms with E-state index in [1.165, 1.54) is 0 Å². The van der Waals surface area contributed by atoms with Crippen molar-refractivity contribution in [2.24, 2.45) is 5.41 Å². The number of hydrogen-bond donors (Lipinski definition) is 1. The molecular weight excluding hydrogens is 253 g/mol. The molecule has 0 aromatic heterocycles. The largest absolute Gasteiger partial charge is 0.395 e. The van der Waals surface area contributed by atoms with Crippen LogP contribution in [-0.2, 0) is 22.7 Å². The predicted octanol–water partition coefficient (Wildman–Crippen LogP) is 1.19. The Kier molecular flexibility index (Phi) is 4.94. The Morgan fingerprint density at radius 1 is 1.64 bits per heavy atom. The third kappa shape index (κ3) is 2.74. The van der Waals surface area contributed by atoms with Gasteiger partial charge in [-0.25, -0.2) is 4.57 Å². The molecule has 0 radical (unpaired) electrons. The molecule has 82 valence electrons. The third-order valence-corrected chi connectivity index (χ3v) is 3.62. The highest BCUT2D eigenvalue weighted by molar-refractivity contribution is 7.33. The van der Waals surface area contributed by atoms with Crippen molar-refractivity contribution in [1.82, 2.24) is 0 Å². The van der Waals surface area contributed by atoms with Crippen LogP contribution in [0.4, 0.5) is 0 Å².